The number of likely N-dealkylation sites (N-methyl/N-ethyl adjacent to an activating group) is 1. The van der Waals surface area contributed by atoms with Crippen molar-refractivity contribution in [2.24, 2.45) is 5.92 Å². The van der Waals surface area contributed by atoms with E-state index in [4.69, 9.17) is 4.74 Å². The van der Waals surface area contributed by atoms with Gasteiger partial charge in [-0.3, -0.25) is 9.69 Å². The van der Waals surface area contributed by atoms with E-state index in [0.717, 1.165) is 50.3 Å². The van der Waals surface area contributed by atoms with E-state index in [1.54, 1.807) is 11.8 Å². The second kappa shape index (κ2) is 10.8. The van der Waals surface area contributed by atoms with E-state index in [0.29, 0.717) is 6.61 Å². The molecule has 5 heteroatoms. The molecular weight excluding hydrogens is 380 g/mol. The van der Waals surface area contributed by atoms with Crippen LogP contribution in [-0.2, 0) is 6.54 Å². The fraction of sp³-hybridized carbons (Fsp3) is 0.458. The van der Waals surface area contributed by atoms with E-state index >= 15 is 0 Å². The van der Waals surface area contributed by atoms with Crippen molar-refractivity contribution in [2.45, 2.75) is 24.3 Å². The quantitative estimate of drug-likeness (QED) is 0.449. The number of hydrogen-bond donors (Lipinski definition) is 0. The maximum Gasteiger partial charge on any atom is 0.167 e. The maximum absolute atomic E-state index is 12.9. The Morgan fingerprint density at radius 1 is 1.14 bits per heavy atom. The number of ketones is 1. The molecule has 0 saturated carbocycles. The molecule has 0 bridgehead atoms. The minimum atomic E-state index is 0.0949. The highest BCUT2D eigenvalue weighted by Gasteiger charge is 2.26. The van der Waals surface area contributed by atoms with Gasteiger partial charge in [-0.15, -0.1) is 11.8 Å². The number of rotatable bonds is 9. The summed E-state index contributed by atoms with van der Waals surface area (Å²) in [5.74, 6) is 1.29. The molecule has 1 heterocycles. The lowest BCUT2D eigenvalue weighted by Crippen LogP contribution is -2.38. The molecule has 1 aliphatic rings. The van der Waals surface area contributed by atoms with E-state index in [9.17, 15) is 4.79 Å². The first-order valence-corrected chi connectivity index (χ1v) is 11.5. The molecule has 3 rings (SSSR count). The molecule has 1 aliphatic heterocycles. The number of thioether (sulfide) groups is 1. The lowest BCUT2D eigenvalue weighted by atomic mass is 9.90. The highest BCUT2D eigenvalue weighted by atomic mass is 32.2. The van der Waals surface area contributed by atoms with Crippen LogP contribution in [0.5, 0.6) is 5.75 Å². The van der Waals surface area contributed by atoms with Crippen LogP contribution in [0, 0.1) is 5.92 Å². The number of likely N-dealkylation sites (tertiary alicyclic amines) is 1. The van der Waals surface area contributed by atoms with Gasteiger partial charge in [-0.25, -0.2) is 0 Å². The van der Waals surface area contributed by atoms with Crippen LogP contribution in [0.1, 0.15) is 28.8 Å². The molecule has 0 radical (unpaired) electrons. The SMILES string of the molecule is CSc1ccc(C(=O)[C@@H]2CCCN(Cc3ccc(OCCN(C)C)cc3)C2)cc1. The Morgan fingerprint density at radius 3 is 2.52 bits per heavy atom. The molecule has 4 nitrogen and oxygen atoms in total. The minimum Gasteiger partial charge on any atom is -0.492 e. The largest absolute Gasteiger partial charge is 0.492 e. The third-order valence-corrected chi connectivity index (χ3v) is 6.13. The fourth-order valence-electron chi connectivity index (χ4n) is 3.70. The normalized spacial score (nSPS) is 17.4. The zero-order valence-corrected chi connectivity index (χ0v) is 18.6. The van der Waals surface area contributed by atoms with Gasteiger partial charge in [-0.05, 0) is 69.6 Å². The van der Waals surface area contributed by atoms with Crippen LogP contribution < -0.4 is 4.74 Å². The van der Waals surface area contributed by atoms with Gasteiger partial charge in [0.05, 0.1) is 0 Å². The summed E-state index contributed by atoms with van der Waals surface area (Å²) >= 11 is 1.70. The van der Waals surface area contributed by atoms with Gasteiger partial charge in [-0.2, -0.15) is 0 Å². The van der Waals surface area contributed by atoms with E-state index in [1.807, 2.05) is 50.5 Å². The summed E-state index contributed by atoms with van der Waals surface area (Å²) in [4.78, 5) is 18.6. The van der Waals surface area contributed by atoms with Crippen molar-refractivity contribution < 1.29 is 9.53 Å². The van der Waals surface area contributed by atoms with Crippen LogP contribution in [0.25, 0.3) is 0 Å². The zero-order valence-electron chi connectivity index (χ0n) is 17.8. The number of carbonyl (C=O) groups is 1. The van der Waals surface area contributed by atoms with Gasteiger partial charge in [-0.1, -0.05) is 24.3 Å². The predicted octanol–water partition coefficient (Wildman–Crippen LogP) is 4.44. The minimum absolute atomic E-state index is 0.0949. The molecule has 156 valence electrons. The van der Waals surface area contributed by atoms with E-state index in [-0.39, 0.29) is 11.7 Å². The molecule has 0 spiro atoms. The van der Waals surface area contributed by atoms with Crippen LogP contribution >= 0.6 is 11.8 Å². The summed E-state index contributed by atoms with van der Waals surface area (Å²) in [6.45, 7) is 4.37. The van der Waals surface area contributed by atoms with E-state index < -0.39 is 0 Å². The maximum atomic E-state index is 12.9. The smallest absolute Gasteiger partial charge is 0.167 e. The number of piperidine rings is 1. The molecule has 0 aliphatic carbocycles. The highest BCUT2D eigenvalue weighted by molar-refractivity contribution is 7.98. The summed E-state index contributed by atoms with van der Waals surface area (Å²) < 4.78 is 5.77. The summed E-state index contributed by atoms with van der Waals surface area (Å²) in [6, 6.07) is 16.4. The summed E-state index contributed by atoms with van der Waals surface area (Å²) in [6.07, 6.45) is 4.11. The average Bonchev–Trinajstić information content (AvgIpc) is 2.74. The molecule has 29 heavy (non-hydrogen) atoms. The van der Waals surface area contributed by atoms with Crippen molar-refractivity contribution in [1.82, 2.24) is 9.80 Å². The van der Waals surface area contributed by atoms with Gasteiger partial charge in [0.25, 0.3) is 0 Å². The zero-order chi connectivity index (χ0) is 20.6. The molecule has 2 aromatic carbocycles. The monoisotopic (exact) mass is 412 g/mol. The van der Waals surface area contributed by atoms with Crippen LogP contribution in [0.2, 0.25) is 0 Å². The first-order chi connectivity index (χ1) is 14.0. The van der Waals surface area contributed by atoms with Crippen LogP contribution in [0.3, 0.4) is 0 Å². The van der Waals surface area contributed by atoms with E-state index in [2.05, 4.69) is 28.2 Å². The number of carbonyl (C=O) groups excluding carboxylic acids is 1. The number of benzene rings is 2. The Bertz CT molecular complexity index is 774. The van der Waals surface area contributed by atoms with Gasteiger partial charge >= 0.3 is 0 Å². The van der Waals surface area contributed by atoms with Crippen molar-refractivity contribution in [3.05, 3.63) is 59.7 Å². The Labute approximate surface area is 179 Å². The van der Waals surface area contributed by atoms with Crippen molar-refractivity contribution in [3.63, 3.8) is 0 Å². The number of Topliss-reactive ketones (excluding diaryl/α,β-unsaturated/α-hetero) is 1. The second-order valence-electron chi connectivity index (χ2n) is 7.96. The van der Waals surface area contributed by atoms with Crippen molar-refractivity contribution >= 4 is 17.5 Å². The van der Waals surface area contributed by atoms with Gasteiger partial charge in [0.1, 0.15) is 12.4 Å². The Hall–Kier alpha value is -1.82. The van der Waals surface area contributed by atoms with Gasteiger partial charge in [0, 0.05) is 36.0 Å². The van der Waals surface area contributed by atoms with Crippen LogP contribution in [-0.4, -0.2) is 62.2 Å². The predicted molar refractivity (Wildman–Crippen MR) is 121 cm³/mol. The number of nitrogens with zero attached hydrogens (tertiary/aromatic N) is 2. The fourth-order valence-corrected chi connectivity index (χ4v) is 4.11. The highest BCUT2D eigenvalue weighted by Crippen LogP contribution is 2.24. The van der Waals surface area contributed by atoms with Gasteiger partial charge < -0.3 is 9.64 Å². The summed E-state index contributed by atoms with van der Waals surface area (Å²) in [7, 11) is 4.09. The summed E-state index contributed by atoms with van der Waals surface area (Å²) in [5, 5.41) is 0. The van der Waals surface area contributed by atoms with Crippen molar-refractivity contribution in [3.8, 4) is 5.75 Å². The molecule has 1 atom stereocenters. The molecule has 2 aromatic rings. The molecule has 0 aromatic heterocycles. The molecule has 0 amide bonds. The molecule has 1 saturated heterocycles. The Kier molecular flexibility index (Phi) is 8.16. The molecule has 0 N–H and O–H groups in total. The van der Waals surface area contributed by atoms with Gasteiger partial charge in [0.15, 0.2) is 5.78 Å². The topological polar surface area (TPSA) is 32.8 Å². The van der Waals surface area contributed by atoms with Crippen molar-refractivity contribution in [2.75, 3.05) is 46.6 Å². The average molecular weight is 413 g/mol. The van der Waals surface area contributed by atoms with Gasteiger partial charge in [0.2, 0.25) is 0 Å². The van der Waals surface area contributed by atoms with Crippen LogP contribution in [0.15, 0.2) is 53.4 Å². The Balaban J connectivity index is 1.53. The third-order valence-electron chi connectivity index (χ3n) is 5.39. The molecule has 0 unspecified atom stereocenters. The Morgan fingerprint density at radius 2 is 1.86 bits per heavy atom. The third kappa shape index (κ3) is 6.59. The van der Waals surface area contributed by atoms with E-state index in [1.165, 1.54) is 10.5 Å². The van der Waals surface area contributed by atoms with Crippen molar-refractivity contribution in [1.29, 1.82) is 0 Å². The lowest BCUT2D eigenvalue weighted by molar-refractivity contribution is 0.0811. The first kappa shape index (κ1) is 21.9. The first-order valence-electron chi connectivity index (χ1n) is 10.3. The van der Waals surface area contributed by atoms with Crippen LogP contribution in [0.4, 0.5) is 0 Å². The molecular formula is C24H32N2O2S. The second-order valence-corrected chi connectivity index (χ2v) is 8.84. The molecule has 1 fully saturated rings. The number of hydrogen-bond acceptors (Lipinski definition) is 5. The summed E-state index contributed by atoms with van der Waals surface area (Å²) in [5.41, 5.74) is 2.11. The number of ether oxygens (including phenoxy) is 1. The lowest BCUT2D eigenvalue weighted by Gasteiger charge is -2.32. The standard InChI is InChI=1S/C24H32N2O2S/c1-25(2)15-16-28-22-10-6-19(7-11-22)17-26-14-4-5-21(18-26)24(27)20-8-12-23(29-3)13-9-20/h6-13,21H,4-5,14-18H2,1-3H3/t21-/m1/s1.